The molecule has 1 rings (SSSR count). The van der Waals surface area contributed by atoms with Crippen LogP contribution in [-0.4, -0.2) is 70.5 Å². The number of carbonyl (C=O) groups is 5. The molecular formula is C24H38N6O7. The van der Waals surface area contributed by atoms with E-state index in [1.807, 2.05) is 0 Å². The van der Waals surface area contributed by atoms with Crippen molar-refractivity contribution in [2.24, 2.45) is 23.1 Å². The second-order valence-electron chi connectivity index (χ2n) is 9.11. The van der Waals surface area contributed by atoms with E-state index in [0.717, 1.165) is 0 Å². The average Bonchev–Trinajstić information content (AvgIpc) is 2.81. The third-order valence-electron chi connectivity index (χ3n) is 5.59. The molecule has 0 saturated carbocycles. The minimum Gasteiger partial charge on any atom is -0.508 e. The molecule has 206 valence electrons. The van der Waals surface area contributed by atoms with E-state index < -0.39 is 66.1 Å². The Morgan fingerprint density at radius 2 is 1.49 bits per heavy atom. The van der Waals surface area contributed by atoms with Crippen molar-refractivity contribution in [3.05, 3.63) is 29.8 Å². The number of amides is 4. The zero-order chi connectivity index (χ0) is 28.1. The Bertz CT molecular complexity index is 938. The van der Waals surface area contributed by atoms with Gasteiger partial charge in [0.15, 0.2) is 0 Å². The number of aliphatic carboxylic acids is 1. The second kappa shape index (κ2) is 15.4. The summed E-state index contributed by atoms with van der Waals surface area (Å²) in [7, 11) is 0. The van der Waals surface area contributed by atoms with Crippen LogP contribution in [0.4, 0.5) is 0 Å². The van der Waals surface area contributed by atoms with Crippen molar-refractivity contribution in [2.75, 3.05) is 6.54 Å². The molecule has 0 aromatic heterocycles. The maximum Gasteiger partial charge on any atom is 0.305 e. The number of carboxylic acid groups (broad SMARTS) is 1. The molecule has 0 aliphatic rings. The minimum absolute atomic E-state index is 0.00340. The van der Waals surface area contributed by atoms with E-state index in [1.54, 1.807) is 26.0 Å². The van der Waals surface area contributed by atoms with Gasteiger partial charge < -0.3 is 43.4 Å². The fourth-order valence-electron chi connectivity index (χ4n) is 3.47. The van der Waals surface area contributed by atoms with Crippen molar-refractivity contribution < 1.29 is 34.2 Å². The van der Waals surface area contributed by atoms with Gasteiger partial charge in [-0.2, -0.15) is 0 Å². The number of primary amides is 1. The van der Waals surface area contributed by atoms with Gasteiger partial charge in [-0.15, -0.1) is 0 Å². The van der Waals surface area contributed by atoms with E-state index in [4.69, 9.17) is 22.3 Å². The highest BCUT2D eigenvalue weighted by atomic mass is 16.4. The fraction of sp³-hybridized carbons (Fsp3) is 0.542. The lowest BCUT2D eigenvalue weighted by Gasteiger charge is -2.27. The van der Waals surface area contributed by atoms with Gasteiger partial charge in [0.2, 0.25) is 23.6 Å². The SMILES string of the molecule is CC(C)[C@H](NC(=O)[C@@H](N)CC(=O)O)C(=O)N[C@@H](Cc1ccc(O)cc1)C(=O)N[C@@H](CCCCN)C(N)=O. The van der Waals surface area contributed by atoms with Crippen LogP contribution in [0.3, 0.4) is 0 Å². The summed E-state index contributed by atoms with van der Waals surface area (Å²) in [6, 6.07) is 1.35. The maximum atomic E-state index is 13.2. The summed E-state index contributed by atoms with van der Waals surface area (Å²) in [5, 5.41) is 26.0. The Labute approximate surface area is 215 Å². The minimum atomic E-state index is -1.37. The van der Waals surface area contributed by atoms with Gasteiger partial charge in [0.05, 0.1) is 12.5 Å². The number of rotatable bonds is 16. The number of benzene rings is 1. The zero-order valence-corrected chi connectivity index (χ0v) is 21.1. The number of carboxylic acids is 1. The van der Waals surface area contributed by atoms with Gasteiger partial charge in [0.1, 0.15) is 23.9 Å². The Kier molecular flexibility index (Phi) is 13.0. The normalized spacial score (nSPS) is 14.2. The van der Waals surface area contributed by atoms with E-state index in [-0.39, 0.29) is 18.6 Å². The first kappa shape index (κ1) is 31.3. The quantitative estimate of drug-likeness (QED) is 0.117. The van der Waals surface area contributed by atoms with Crippen LogP contribution >= 0.6 is 0 Å². The van der Waals surface area contributed by atoms with Gasteiger partial charge in [0.25, 0.3) is 0 Å². The van der Waals surface area contributed by atoms with Crippen LogP contribution in [0.2, 0.25) is 0 Å². The van der Waals surface area contributed by atoms with Gasteiger partial charge in [-0.05, 0) is 49.4 Å². The predicted octanol–water partition coefficient (Wildman–Crippen LogP) is -1.54. The third-order valence-corrected chi connectivity index (χ3v) is 5.59. The van der Waals surface area contributed by atoms with E-state index in [1.165, 1.54) is 12.1 Å². The Hall–Kier alpha value is -3.71. The number of hydrogen-bond donors (Lipinski definition) is 8. The standard InChI is InChI=1S/C24H38N6O7/c1-13(2)20(30-22(35)16(26)12-19(32)33)24(37)29-18(11-14-6-8-15(31)9-7-14)23(36)28-17(21(27)34)5-3-4-10-25/h6-9,13,16-18,20,31H,3-5,10-12,25-26H2,1-2H3,(H2,27,34)(H,28,36)(H,29,37)(H,30,35)(H,32,33)/t16-,17-,18-,20-/m0/s1. The van der Waals surface area contributed by atoms with E-state index in [2.05, 4.69) is 16.0 Å². The molecule has 0 spiro atoms. The van der Waals surface area contributed by atoms with Crippen molar-refractivity contribution >= 4 is 29.6 Å². The van der Waals surface area contributed by atoms with E-state index in [9.17, 15) is 29.1 Å². The molecule has 1 aromatic carbocycles. The lowest BCUT2D eigenvalue weighted by molar-refractivity contribution is -0.140. The number of aromatic hydroxyl groups is 1. The zero-order valence-electron chi connectivity index (χ0n) is 21.1. The molecule has 0 bridgehead atoms. The van der Waals surface area contributed by atoms with Gasteiger partial charge in [-0.1, -0.05) is 26.0 Å². The number of phenolic OH excluding ortho intramolecular Hbond substituents is 1. The monoisotopic (exact) mass is 522 g/mol. The molecule has 13 nitrogen and oxygen atoms in total. The highest BCUT2D eigenvalue weighted by molar-refractivity contribution is 5.95. The van der Waals surface area contributed by atoms with Crippen molar-refractivity contribution in [3.63, 3.8) is 0 Å². The molecule has 1 aromatic rings. The summed E-state index contributed by atoms with van der Waals surface area (Å²) in [5.41, 5.74) is 17.1. The number of nitrogens with one attached hydrogen (secondary N) is 3. The summed E-state index contributed by atoms with van der Waals surface area (Å²) < 4.78 is 0. The Balaban J connectivity index is 3.10. The van der Waals surface area contributed by atoms with E-state index >= 15 is 0 Å². The molecule has 13 heteroatoms. The summed E-state index contributed by atoms with van der Waals surface area (Å²) in [4.78, 5) is 61.4. The summed E-state index contributed by atoms with van der Waals surface area (Å²) in [6.45, 7) is 3.73. The second-order valence-corrected chi connectivity index (χ2v) is 9.11. The molecule has 0 heterocycles. The van der Waals surface area contributed by atoms with Crippen molar-refractivity contribution in [3.8, 4) is 5.75 Å². The Morgan fingerprint density at radius 3 is 2.00 bits per heavy atom. The lowest BCUT2D eigenvalue weighted by atomic mass is 10.00. The molecule has 4 amide bonds. The summed E-state index contributed by atoms with van der Waals surface area (Å²) in [5.74, 6) is -4.63. The van der Waals surface area contributed by atoms with Crippen molar-refractivity contribution in [2.45, 2.75) is 70.1 Å². The molecule has 0 radical (unpaired) electrons. The highest BCUT2D eigenvalue weighted by Crippen LogP contribution is 2.13. The molecule has 0 unspecified atom stereocenters. The van der Waals surface area contributed by atoms with Gasteiger partial charge in [-0.3, -0.25) is 24.0 Å². The average molecular weight is 523 g/mol. The lowest BCUT2D eigenvalue weighted by Crippen LogP contribution is -2.59. The van der Waals surface area contributed by atoms with Gasteiger partial charge >= 0.3 is 5.97 Å². The molecule has 0 aliphatic heterocycles. The topological polar surface area (TPSA) is 240 Å². The summed E-state index contributed by atoms with van der Waals surface area (Å²) >= 11 is 0. The number of nitrogens with two attached hydrogens (primary N) is 3. The van der Waals surface area contributed by atoms with Crippen LogP contribution in [-0.2, 0) is 30.4 Å². The molecule has 37 heavy (non-hydrogen) atoms. The smallest absolute Gasteiger partial charge is 0.305 e. The predicted molar refractivity (Wildman–Crippen MR) is 135 cm³/mol. The largest absolute Gasteiger partial charge is 0.508 e. The van der Waals surface area contributed by atoms with Crippen LogP contribution in [0.1, 0.15) is 45.1 Å². The first-order valence-electron chi connectivity index (χ1n) is 12.0. The molecular weight excluding hydrogens is 484 g/mol. The first-order valence-corrected chi connectivity index (χ1v) is 12.0. The van der Waals surface area contributed by atoms with Crippen LogP contribution < -0.4 is 33.2 Å². The van der Waals surface area contributed by atoms with Crippen LogP contribution in [0.25, 0.3) is 0 Å². The number of phenols is 1. The van der Waals surface area contributed by atoms with E-state index in [0.29, 0.717) is 24.9 Å². The molecule has 11 N–H and O–H groups in total. The number of unbranched alkanes of at least 4 members (excludes halogenated alkanes) is 1. The van der Waals surface area contributed by atoms with Crippen molar-refractivity contribution in [1.29, 1.82) is 0 Å². The number of hydrogen-bond acceptors (Lipinski definition) is 8. The molecule has 0 saturated heterocycles. The van der Waals surface area contributed by atoms with Gasteiger partial charge in [0, 0.05) is 6.42 Å². The molecule has 0 aliphatic carbocycles. The molecule has 4 atom stereocenters. The fourth-order valence-corrected chi connectivity index (χ4v) is 3.47. The number of carbonyl (C=O) groups excluding carboxylic acids is 4. The maximum absolute atomic E-state index is 13.2. The molecule has 0 fully saturated rings. The van der Waals surface area contributed by atoms with Crippen LogP contribution in [0.15, 0.2) is 24.3 Å². The highest BCUT2D eigenvalue weighted by Gasteiger charge is 2.31. The summed E-state index contributed by atoms with van der Waals surface area (Å²) in [6.07, 6.45) is 0.834. The Morgan fingerprint density at radius 1 is 0.892 bits per heavy atom. The van der Waals surface area contributed by atoms with Crippen molar-refractivity contribution in [1.82, 2.24) is 16.0 Å². The third kappa shape index (κ3) is 11.3. The van der Waals surface area contributed by atoms with Crippen LogP contribution in [0.5, 0.6) is 5.75 Å². The van der Waals surface area contributed by atoms with Gasteiger partial charge in [-0.25, -0.2) is 0 Å². The first-order chi connectivity index (χ1) is 17.3. The van der Waals surface area contributed by atoms with Crippen LogP contribution in [0, 0.1) is 5.92 Å².